The third-order valence-corrected chi connectivity index (χ3v) is 3.73. The Morgan fingerprint density at radius 2 is 2.00 bits per heavy atom. The zero-order valence-electron chi connectivity index (χ0n) is 9.83. The van der Waals surface area contributed by atoms with Crippen LogP contribution in [0.5, 0.6) is 0 Å². The van der Waals surface area contributed by atoms with Crippen molar-refractivity contribution < 1.29 is 18.4 Å². The van der Waals surface area contributed by atoms with Crippen molar-refractivity contribution in [3.05, 3.63) is 29.3 Å². The molecular formula is C13H12F2O2S. The highest BCUT2D eigenvalue weighted by atomic mass is 32.2. The standard InChI is InChI=1S/C13H12F2O2S/c1-18-13-8(4-5-9(14)12(13)15)11(17)6-10(16)7-2-3-7/h4-5,7H,2-3,6H2,1H3. The van der Waals surface area contributed by atoms with E-state index in [9.17, 15) is 18.4 Å². The van der Waals surface area contributed by atoms with E-state index in [1.807, 2.05) is 0 Å². The van der Waals surface area contributed by atoms with Gasteiger partial charge in [0.2, 0.25) is 0 Å². The molecule has 0 bridgehead atoms. The Labute approximate surface area is 108 Å². The maximum atomic E-state index is 13.5. The smallest absolute Gasteiger partial charge is 0.173 e. The number of ketones is 2. The molecule has 1 saturated carbocycles. The highest BCUT2D eigenvalue weighted by Gasteiger charge is 2.31. The minimum Gasteiger partial charge on any atom is -0.299 e. The van der Waals surface area contributed by atoms with Gasteiger partial charge in [0.1, 0.15) is 5.78 Å². The molecule has 0 unspecified atom stereocenters. The molecule has 1 aromatic carbocycles. The number of hydrogen-bond acceptors (Lipinski definition) is 3. The van der Waals surface area contributed by atoms with E-state index < -0.39 is 17.4 Å². The molecule has 2 rings (SSSR count). The minimum atomic E-state index is -1.02. The zero-order valence-corrected chi connectivity index (χ0v) is 10.7. The summed E-state index contributed by atoms with van der Waals surface area (Å²) in [4.78, 5) is 23.4. The lowest BCUT2D eigenvalue weighted by Crippen LogP contribution is -2.11. The molecule has 0 spiro atoms. The van der Waals surface area contributed by atoms with Crippen LogP contribution in [-0.4, -0.2) is 17.8 Å². The normalized spacial score (nSPS) is 14.6. The average Bonchev–Trinajstić information content (AvgIpc) is 3.16. The Morgan fingerprint density at radius 1 is 1.33 bits per heavy atom. The topological polar surface area (TPSA) is 34.1 Å². The van der Waals surface area contributed by atoms with Gasteiger partial charge in [0, 0.05) is 11.5 Å². The summed E-state index contributed by atoms with van der Waals surface area (Å²) in [6, 6.07) is 2.16. The summed E-state index contributed by atoms with van der Waals surface area (Å²) in [7, 11) is 0. The number of Topliss-reactive ketones (excluding diaryl/α,β-unsaturated/α-hetero) is 2. The lowest BCUT2D eigenvalue weighted by atomic mass is 10.0. The number of thioether (sulfide) groups is 1. The van der Waals surface area contributed by atoms with Crippen LogP contribution in [0.15, 0.2) is 17.0 Å². The maximum absolute atomic E-state index is 13.5. The Balaban J connectivity index is 2.23. The van der Waals surface area contributed by atoms with Crippen molar-refractivity contribution in [1.29, 1.82) is 0 Å². The van der Waals surface area contributed by atoms with E-state index in [1.165, 1.54) is 6.07 Å². The molecule has 0 atom stereocenters. The fraction of sp³-hybridized carbons (Fsp3) is 0.385. The van der Waals surface area contributed by atoms with Gasteiger partial charge in [-0.05, 0) is 31.2 Å². The van der Waals surface area contributed by atoms with Crippen molar-refractivity contribution in [2.45, 2.75) is 24.2 Å². The molecular weight excluding hydrogens is 258 g/mol. The van der Waals surface area contributed by atoms with Crippen LogP contribution in [0.25, 0.3) is 0 Å². The molecule has 5 heteroatoms. The first-order valence-corrected chi connectivity index (χ1v) is 6.85. The van der Waals surface area contributed by atoms with Crippen LogP contribution < -0.4 is 0 Å². The largest absolute Gasteiger partial charge is 0.299 e. The lowest BCUT2D eigenvalue weighted by molar-refractivity contribution is -0.119. The van der Waals surface area contributed by atoms with Gasteiger partial charge in [-0.3, -0.25) is 9.59 Å². The maximum Gasteiger partial charge on any atom is 0.173 e. The first-order chi connectivity index (χ1) is 8.54. The van der Waals surface area contributed by atoms with Crippen LogP contribution in [-0.2, 0) is 4.79 Å². The third kappa shape index (κ3) is 2.61. The number of halogens is 2. The van der Waals surface area contributed by atoms with Crippen LogP contribution in [0, 0.1) is 17.6 Å². The first kappa shape index (κ1) is 13.2. The van der Waals surface area contributed by atoms with Gasteiger partial charge >= 0.3 is 0 Å². The molecule has 0 aromatic heterocycles. The number of rotatable bonds is 5. The molecule has 1 aliphatic rings. The summed E-state index contributed by atoms with van der Waals surface area (Å²) in [6.07, 6.45) is 3.01. The highest BCUT2D eigenvalue weighted by Crippen LogP contribution is 2.32. The van der Waals surface area contributed by atoms with Gasteiger partial charge in [-0.15, -0.1) is 11.8 Å². The fourth-order valence-electron chi connectivity index (χ4n) is 1.75. The van der Waals surface area contributed by atoms with E-state index in [-0.39, 0.29) is 28.6 Å². The zero-order chi connectivity index (χ0) is 13.3. The quantitative estimate of drug-likeness (QED) is 0.468. The molecule has 0 aliphatic heterocycles. The van der Waals surface area contributed by atoms with Crippen LogP contribution in [0.2, 0.25) is 0 Å². The van der Waals surface area contributed by atoms with Crippen molar-refractivity contribution in [2.75, 3.05) is 6.26 Å². The van der Waals surface area contributed by atoms with Gasteiger partial charge in [0.05, 0.1) is 11.3 Å². The molecule has 2 nitrogen and oxygen atoms in total. The third-order valence-electron chi connectivity index (χ3n) is 2.92. The van der Waals surface area contributed by atoms with Gasteiger partial charge < -0.3 is 0 Å². The molecule has 1 aliphatic carbocycles. The van der Waals surface area contributed by atoms with Crippen LogP contribution in [0.4, 0.5) is 8.78 Å². The molecule has 0 heterocycles. The molecule has 1 fully saturated rings. The average molecular weight is 270 g/mol. The first-order valence-electron chi connectivity index (χ1n) is 5.62. The summed E-state index contributed by atoms with van der Waals surface area (Å²) in [6.45, 7) is 0. The van der Waals surface area contributed by atoms with E-state index in [2.05, 4.69) is 0 Å². The van der Waals surface area contributed by atoms with Gasteiger partial charge in [-0.1, -0.05) is 0 Å². The van der Waals surface area contributed by atoms with E-state index >= 15 is 0 Å². The molecule has 96 valence electrons. The van der Waals surface area contributed by atoms with Crippen LogP contribution >= 0.6 is 11.8 Å². The number of hydrogen-bond donors (Lipinski definition) is 0. The van der Waals surface area contributed by atoms with Crippen LogP contribution in [0.3, 0.4) is 0 Å². The minimum absolute atomic E-state index is 0.00280. The van der Waals surface area contributed by atoms with Gasteiger partial charge in [0.25, 0.3) is 0 Å². The lowest BCUT2D eigenvalue weighted by Gasteiger charge is -2.07. The van der Waals surface area contributed by atoms with Crippen molar-refractivity contribution in [1.82, 2.24) is 0 Å². The van der Waals surface area contributed by atoms with Gasteiger partial charge in [-0.25, -0.2) is 8.78 Å². The summed E-state index contributed by atoms with van der Waals surface area (Å²) >= 11 is 0.969. The predicted octanol–water partition coefficient (Wildman–Crippen LogP) is 3.24. The van der Waals surface area contributed by atoms with Crippen molar-refractivity contribution in [3.8, 4) is 0 Å². The van der Waals surface area contributed by atoms with Crippen LogP contribution in [0.1, 0.15) is 29.6 Å². The second-order valence-electron chi connectivity index (χ2n) is 4.28. The molecule has 0 radical (unpaired) electrons. The Kier molecular flexibility index (Phi) is 3.80. The van der Waals surface area contributed by atoms with Crippen molar-refractivity contribution in [3.63, 3.8) is 0 Å². The van der Waals surface area contributed by atoms with Crippen molar-refractivity contribution >= 4 is 23.3 Å². The Hall–Kier alpha value is -1.23. The number of carbonyl (C=O) groups excluding carboxylic acids is 2. The molecule has 0 amide bonds. The SMILES string of the molecule is CSc1c(C(=O)CC(=O)C2CC2)ccc(F)c1F. The van der Waals surface area contributed by atoms with E-state index in [0.717, 1.165) is 30.7 Å². The van der Waals surface area contributed by atoms with E-state index in [0.29, 0.717) is 0 Å². The summed E-state index contributed by atoms with van der Waals surface area (Å²) in [5.74, 6) is -2.54. The molecule has 1 aromatic rings. The Morgan fingerprint density at radius 3 is 2.56 bits per heavy atom. The fourth-order valence-corrected chi connectivity index (χ4v) is 2.43. The van der Waals surface area contributed by atoms with E-state index in [1.54, 1.807) is 6.26 Å². The molecule has 0 N–H and O–H groups in total. The summed E-state index contributed by atoms with van der Waals surface area (Å²) in [5, 5.41) is 0. The highest BCUT2D eigenvalue weighted by molar-refractivity contribution is 7.98. The summed E-state index contributed by atoms with van der Waals surface area (Å²) < 4.78 is 26.5. The number of benzene rings is 1. The Bertz CT molecular complexity index is 510. The predicted molar refractivity (Wildman–Crippen MR) is 64.8 cm³/mol. The molecule has 18 heavy (non-hydrogen) atoms. The van der Waals surface area contributed by atoms with Gasteiger partial charge in [0.15, 0.2) is 17.4 Å². The second-order valence-corrected chi connectivity index (χ2v) is 5.10. The summed E-state index contributed by atoms with van der Waals surface area (Å²) in [5.41, 5.74) is 0.0930. The van der Waals surface area contributed by atoms with Crippen molar-refractivity contribution in [2.24, 2.45) is 5.92 Å². The second kappa shape index (κ2) is 5.18. The van der Waals surface area contributed by atoms with Gasteiger partial charge in [-0.2, -0.15) is 0 Å². The monoisotopic (exact) mass is 270 g/mol. The molecule has 0 saturated heterocycles. The van der Waals surface area contributed by atoms with E-state index in [4.69, 9.17) is 0 Å². The number of carbonyl (C=O) groups is 2.